The van der Waals surface area contributed by atoms with Crippen molar-refractivity contribution in [3.63, 3.8) is 0 Å². The van der Waals surface area contributed by atoms with E-state index >= 15 is 0 Å². The van der Waals surface area contributed by atoms with Crippen molar-refractivity contribution in [3.05, 3.63) is 106 Å². The third-order valence-electron chi connectivity index (χ3n) is 16.8. The molecule has 6 aliphatic rings. The molecule has 74 heavy (non-hydrogen) atoms. The topological polar surface area (TPSA) is 214 Å². The number of aromatic nitrogens is 2. The number of carbonyl (C=O) groups excluding carboxylic acids is 1. The van der Waals surface area contributed by atoms with Crippen LogP contribution < -0.4 is 24.6 Å². The van der Waals surface area contributed by atoms with Crippen molar-refractivity contribution in [2.45, 2.75) is 113 Å². The third-order valence-corrected chi connectivity index (χ3v) is 18.2. The number of nitro groups is 1. The number of carbonyl (C=O) groups is 1. The fraction of sp³-hybridized carbons (Fsp3) is 0.527. The molecule has 4 aliphatic heterocycles. The van der Waals surface area contributed by atoms with Crippen LogP contribution in [0.2, 0.25) is 0 Å². The second-order valence-electron chi connectivity index (χ2n) is 22.0. The van der Waals surface area contributed by atoms with Crippen LogP contribution >= 0.6 is 0 Å². The molecular formula is C55H68N8O10S. The van der Waals surface area contributed by atoms with E-state index in [1.165, 1.54) is 23.3 Å². The maximum atomic E-state index is 14.8. The van der Waals surface area contributed by atoms with E-state index in [0.29, 0.717) is 74.1 Å². The van der Waals surface area contributed by atoms with Gasteiger partial charge in [-0.15, -0.1) is 0 Å². The van der Waals surface area contributed by atoms with Crippen LogP contribution in [0.3, 0.4) is 0 Å². The number of hydrogen-bond donors (Lipinski definition) is 4. The number of sulfonamides is 1. The van der Waals surface area contributed by atoms with Gasteiger partial charge in [-0.25, -0.2) is 13.1 Å². The van der Waals surface area contributed by atoms with Gasteiger partial charge in [-0.2, -0.15) is 4.98 Å². The molecule has 2 aliphatic carbocycles. The van der Waals surface area contributed by atoms with Crippen LogP contribution in [0.4, 0.5) is 28.4 Å². The second-order valence-corrected chi connectivity index (χ2v) is 23.7. The summed E-state index contributed by atoms with van der Waals surface area (Å²) in [6.07, 6.45) is 8.30. The summed E-state index contributed by atoms with van der Waals surface area (Å²) in [5.41, 5.74) is 4.48. The monoisotopic (exact) mass is 1030 g/mol. The zero-order valence-corrected chi connectivity index (χ0v) is 43.3. The zero-order chi connectivity index (χ0) is 51.4. The lowest BCUT2D eigenvalue weighted by molar-refractivity contribution is -0.384. The Morgan fingerprint density at radius 1 is 0.932 bits per heavy atom. The number of nitro benzene ring substituents is 1. The number of H-pyrrole nitrogens is 1. The molecule has 11 rings (SSSR count). The SMILES string of the molecule is CC(C)c1ccccc1[C@@H]1COCCN1C1CC2(CCN(c3ccc(C(=O)NS(=O)(=O)c4ccc(NC[C@H]5CC[C@](C)(O)CC5)c([N+](=O)[O-])c4)c(N4c5cc6cc[nH]c6nc5OC[C@H]5OCCOC[C@@H]54)c3)CC2)C1. The first kappa shape index (κ1) is 50.3. The molecule has 0 radical (unpaired) electrons. The van der Waals surface area contributed by atoms with Gasteiger partial charge >= 0.3 is 0 Å². The summed E-state index contributed by atoms with van der Waals surface area (Å²) in [5, 5.41) is 26.8. The number of morpholine rings is 1. The number of fused-ring (bicyclic) bond motifs is 3. The van der Waals surface area contributed by atoms with Crippen molar-refractivity contribution in [1.29, 1.82) is 0 Å². The highest BCUT2D eigenvalue weighted by atomic mass is 32.2. The number of aliphatic hydroxyl groups is 1. The van der Waals surface area contributed by atoms with Gasteiger partial charge in [0.2, 0.25) is 5.88 Å². The number of amides is 1. The summed E-state index contributed by atoms with van der Waals surface area (Å²) in [7, 11) is -4.66. The van der Waals surface area contributed by atoms with E-state index in [9.17, 15) is 28.4 Å². The van der Waals surface area contributed by atoms with Crippen LogP contribution in [-0.4, -0.2) is 129 Å². The van der Waals surface area contributed by atoms with Crippen LogP contribution in [0.15, 0.2) is 83.9 Å². The van der Waals surface area contributed by atoms with E-state index < -0.39 is 49.2 Å². The number of ether oxygens (including phenoxy) is 4. The number of hydrogen-bond acceptors (Lipinski definition) is 15. The van der Waals surface area contributed by atoms with E-state index in [0.717, 1.165) is 81.9 Å². The predicted molar refractivity (Wildman–Crippen MR) is 281 cm³/mol. The van der Waals surface area contributed by atoms with E-state index in [1.54, 1.807) is 12.3 Å². The Hall–Kier alpha value is -5.83. The molecule has 394 valence electrons. The van der Waals surface area contributed by atoms with E-state index in [1.807, 2.05) is 36.1 Å². The lowest BCUT2D eigenvalue weighted by atomic mass is 9.59. The Labute approximate surface area is 432 Å². The number of nitrogens with one attached hydrogen (secondary N) is 3. The molecule has 6 heterocycles. The Kier molecular flexibility index (Phi) is 13.9. The summed E-state index contributed by atoms with van der Waals surface area (Å²) >= 11 is 0. The van der Waals surface area contributed by atoms with Crippen molar-refractivity contribution in [3.8, 4) is 5.88 Å². The molecular weight excluding hydrogens is 965 g/mol. The highest BCUT2D eigenvalue weighted by molar-refractivity contribution is 7.90. The minimum absolute atomic E-state index is 0.0519. The normalized spacial score (nSPS) is 25.6. The number of pyridine rings is 1. The molecule has 2 aromatic heterocycles. The molecule has 1 amide bonds. The predicted octanol–water partition coefficient (Wildman–Crippen LogP) is 8.20. The minimum Gasteiger partial charge on any atom is -0.473 e. The number of nitrogens with zero attached hydrogens (tertiary/aromatic N) is 5. The lowest BCUT2D eigenvalue weighted by Crippen LogP contribution is -2.58. The Morgan fingerprint density at radius 3 is 2.50 bits per heavy atom. The molecule has 2 saturated carbocycles. The van der Waals surface area contributed by atoms with Crippen LogP contribution in [0, 0.1) is 21.4 Å². The third kappa shape index (κ3) is 10.1. The molecule has 5 aromatic rings. The zero-order valence-electron chi connectivity index (χ0n) is 42.5. The fourth-order valence-corrected chi connectivity index (χ4v) is 13.5. The average Bonchev–Trinajstić information content (AvgIpc) is 3.65. The Balaban J connectivity index is 0.881. The van der Waals surface area contributed by atoms with E-state index in [-0.39, 0.29) is 41.8 Å². The molecule has 5 fully saturated rings. The van der Waals surface area contributed by atoms with Gasteiger partial charge in [0, 0.05) is 55.6 Å². The first-order valence-electron chi connectivity index (χ1n) is 26.4. The highest BCUT2D eigenvalue weighted by Crippen LogP contribution is 2.54. The number of rotatable bonds is 12. The van der Waals surface area contributed by atoms with E-state index in [4.69, 9.17) is 23.9 Å². The number of benzene rings is 3. The van der Waals surface area contributed by atoms with Gasteiger partial charge in [0.05, 0.1) is 71.8 Å². The van der Waals surface area contributed by atoms with Crippen molar-refractivity contribution in [2.24, 2.45) is 11.3 Å². The van der Waals surface area contributed by atoms with Crippen molar-refractivity contribution >= 4 is 55.4 Å². The molecule has 0 unspecified atom stereocenters. The number of piperidine rings is 1. The molecule has 3 atom stereocenters. The molecule has 0 bridgehead atoms. The van der Waals surface area contributed by atoms with Gasteiger partial charge in [-0.1, -0.05) is 38.1 Å². The molecule has 18 nitrogen and oxygen atoms in total. The van der Waals surface area contributed by atoms with Gasteiger partial charge in [0.15, 0.2) is 0 Å². The van der Waals surface area contributed by atoms with Gasteiger partial charge in [-0.05, 0) is 129 Å². The van der Waals surface area contributed by atoms with Gasteiger partial charge in [-0.3, -0.25) is 19.8 Å². The fourth-order valence-electron chi connectivity index (χ4n) is 12.5. The molecule has 4 N–H and O–H groups in total. The smallest absolute Gasteiger partial charge is 0.293 e. The molecule has 1 spiro atoms. The molecule has 3 saturated heterocycles. The largest absolute Gasteiger partial charge is 0.473 e. The Morgan fingerprint density at radius 2 is 1.72 bits per heavy atom. The quantitative estimate of drug-likeness (QED) is 0.0685. The van der Waals surface area contributed by atoms with Crippen molar-refractivity contribution in [2.75, 3.05) is 80.9 Å². The van der Waals surface area contributed by atoms with Crippen LogP contribution in [0.25, 0.3) is 11.0 Å². The maximum Gasteiger partial charge on any atom is 0.293 e. The summed E-state index contributed by atoms with van der Waals surface area (Å²) in [6.45, 7) is 11.8. The molecule has 19 heteroatoms. The first-order chi connectivity index (χ1) is 35.6. The Bertz CT molecular complexity index is 2990. The van der Waals surface area contributed by atoms with Gasteiger partial charge < -0.3 is 44.2 Å². The van der Waals surface area contributed by atoms with Crippen molar-refractivity contribution in [1.82, 2.24) is 19.6 Å². The average molecular weight is 1030 g/mol. The van der Waals surface area contributed by atoms with Gasteiger partial charge in [0.25, 0.3) is 21.6 Å². The lowest BCUT2D eigenvalue weighted by Gasteiger charge is -2.57. The van der Waals surface area contributed by atoms with Crippen LogP contribution in [0.1, 0.15) is 106 Å². The first-order valence-corrected chi connectivity index (χ1v) is 27.9. The van der Waals surface area contributed by atoms with Crippen molar-refractivity contribution < 1.29 is 42.2 Å². The summed E-state index contributed by atoms with van der Waals surface area (Å²) in [5.74, 6) is -0.00194. The maximum absolute atomic E-state index is 14.8. The van der Waals surface area contributed by atoms with E-state index in [2.05, 4.69) is 62.9 Å². The minimum atomic E-state index is -4.66. The number of aromatic amines is 1. The van der Waals surface area contributed by atoms with Crippen LogP contribution in [-0.2, 0) is 24.2 Å². The summed E-state index contributed by atoms with van der Waals surface area (Å²) in [6, 6.07) is 21.9. The summed E-state index contributed by atoms with van der Waals surface area (Å²) in [4.78, 5) is 41.2. The summed E-state index contributed by atoms with van der Waals surface area (Å²) < 4.78 is 55.8. The van der Waals surface area contributed by atoms with Gasteiger partial charge in [0.1, 0.15) is 29.7 Å². The van der Waals surface area contributed by atoms with Crippen LogP contribution in [0.5, 0.6) is 5.88 Å². The standard InChI is InChI=1S/C55H68N8O10S/c1-35(2)41-6-4-5-7-42(41)48-32-70-23-22-61(48)39-29-55(30-39)17-20-60(21-18-55)38-8-10-43(45(27-38)62-47-26-37-14-19-56-51(37)58-53(47)73-34-50-49(62)33-71-24-25-72-50)52(64)59-74(68,69)40-9-11-44(46(28-40)63(66)67)57-31-36-12-15-54(3,65)16-13-36/h4-11,14,19,26-28,35-36,39,48-50,57,65H,12-13,15-18,20-25,29-34H2,1-3H3,(H,56,58)(H,59,64)/t36-,48-,49-,50+,54-/m0/s1. The number of anilines is 4. The second kappa shape index (κ2) is 20.4. The highest BCUT2D eigenvalue weighted by Gasteiger charge is 2.50. The molecule has 3 aromatic carbocycles.